The zero-order valence-electron chi connectivity index (χ0n) is 40.7. The highest BCUT2D eigenvalue weighted by Crippen LogP contribution is 2.67. The number of rotatable bonds is 45. The molecule has 0 heteroatoms. The highest BCUT2D eigenvalue weighted by atomic mass is 14.6. The summed E-state index contributed by atoms with van der Waals surface area (Å²) >= 11 is 0. The van der Waals surface area contributed by atoms with Crippen LogP contribution in [0.1, 0.15) is 332 Å². The molecule has 0 bridgehead atoms. The fourth-order valence-corrected chi connectivity index (χ4v) is 11.1. The van der Waals surface area contributed by atoms with E-state index in [9.17, 15) is 0 Å². The molecular formula is C55H111. The standard InChI is InChI=1S/C55H111/c1-10-15-20-24-28-31-32-34-38-42-46-51-55(50-19-14-5,53(8,9)47-43-39-35-27-23-18-13-4)54(52(6)7,48-44-40-36-30-26-22-17-12-3)49-45-41-37-33-29-25-21-16-11-2/h10-51H2,1-9H3. The SMILES string of the molecule is CCCCCCCCCCCCCC(CCCC)(C(C)(C)CCCCCCCCC)C(CCCCCCCCCC)(CCCCCCCCCCC)[C](C)C. The van der Waals surface area contributed by atoms with Crippen LogP contribution in [0.4, 0.5) is 0 Å². The molecule has 0 fully saturated rings. The maximum absolute atomic E-state index is 2.81. The molecule has 2 unspecified atom stereocenters. The smallest absolute Gasteiger partial charge is 0.0179 e. The minimum absolute atomic E-state index is 0.376. The maximum Gasteiger partial charge on any atom is -0.0179 e. The van der Waals surface area contributed by atoms with Gasteiger partial charge in [-0.3, -0.25) is 0 Å². The Bertz CT molecular complexity index is 747. The van der Waals surface area contributed by atoms with Gasteiger partial charge in [0.15, 0.2) is 0 Å². The molecule has 0 spiro atoms. The Morgan fingerprint density at radius 2 is 0.473 bits per heavy atom. The first-order valence-electron chi connectivity index (χ1n) is 26.6. The first-order valence-corrected chi connectivity index (χ1v) is 26.6. The van der Waals surface area contributed by atoms with Crippen LogP contribution in [0.15, 0.2) is 0 Å². The Balaban J connectivity index is 6.26. The second-order valence-electron chi connectivity index (χ2n) is 20.1. The average molecular weight is 772 g/mol. The number of hydrogen-bond acceptors (Lipinski definition) is 0. The molecule has 0 saturated heterocycles. The monoisotopic (exact) mass is 772 g/mol. The van der Waals surface area contributed by atoms with Crippen LogP contribution in [-0.2, 0) is 0 Å². The summed E-state index contributed by atoms with van der Waals surface area (Å²) in [4.78, 5) is 0. The lowest BCUT2D eigenvalue weighted by molar-refractivity contribution is -0.0991. The van der Waals surface area contributed by atoms with Crippen molar-refractivity contribution in [3.63, 3.8) is 0 Å². The summed E-state index contributed by atoms with van der Waals surface area (Å²) in [6.45, 7) is 22.8. The number of hydrogen-bond donors (Lipinski definition) is 0. The van der Waals surface area contributed by atoms with Crippen molar-refractivity contribution in [3.05, 3.63) is 5.92 Å². The molecule has 0 aromatic carbocycles. The quantitative estimate of drug-likeness (QED) is 0.0541. The maximum atomic E-state index is 2.81. The molecule has 0 aliphatic carbocycles. The molecule has 0 saturated carbocycles. The van der Waals surface area contributed by atoms with Crippen molar-refractivity contribution < 1.29 is 0 Å². The highest BCUT2D eigenvalue weighted by Gasteiger charge is 2.57. The van der Waals surface area contributed by atoms with Gasteiger partial charge in [-0.25, -0.2) is 0 Å². The third-order valence-electron chi connectivity index (χ3n) is 14.9. The van der Waals surface area contributed by atoms with E-state index in [1.165, 1.54) is 270 Å². The van der Waals surface area contributed by atoms with Gasteiger partial charge < -0.3 is 0 Å². The summed E-state index contributed by atoms with van der Waals surface area (Å²) in [7, 11) is 0. The Labute approximate surface area is 352 Å². The van der Waals surface area contributed by atoms with Crippen LogP contribution in [0.25, 0.3) is 0 Å². The van der Waals surface area contributed by atoms with E-state index in [1.807, 2.05) is 5.92 Å². The predicted octanol–water partition coefficient (Wildman–Crippen LogP) is 21.1. The molecule has 0 amide bonds. The van der Waals surface area contributed by atoms with Crippen molar-refractivity contribution in [2.24, 2.45) is 16.2 Å². The zero-order valence-corrected chi connectivity index (χ0v) is 40.7. The van der Waals surface area contributed by atoms with Crippen molar-refractivity contribution in [2.75, 3.05) is 0 Å². The van der Waals surface area contributed by atoms with Crippen molar-refractivity contribution in [2.45, 2.75) is 332 Å². The fourth-order valence-electron chi connectivity index (χ4n) is 11.1. The van der Waals surface area contributed by atoms with E-state index in [4.69, 9.17) is 0 Å². The summed E-state index contributed by atoms with van der Waals surface area (Å²) in [6.07, 6.45) is 60.7. The van der Waals surface area contributed by atoms with Gasteiger partial charge in [0.1, 0.15) is 0 Å². The molecule has 0 aromatic heterocycles. The number of unbranched alkanes of at least 4 members (excludes halogenated alkanes) is 32. The second kappa shape index (κ2) is 38.2. The predicted molar refractivity (Wildman–Crippen MR) is 256 cm³/mol. The van der Waals surface area contributed by atoms with E-state index in [1.54, 1.807) is 0 Å². The normalized spacial score (nSPS) is 14.5. The second-order valence-corrected chi connectivity index (χ2v) is 20.1. The van der Waals surface area contributed by atoms with E-state index in [-0.39, 0.29) is 0 Å². The Hall–Kier alpha value is 0. The van der Waals surface area contributed by atoms with Crippen LogP contribution < -0.4 is 0 Å². The third kappa shape index (κ3) is 25.3. The lowest BCUT2D eigenvalue weighted by atomic mass is 9.42. The molecule has 1 radical (unpaired) electrons. The topological polar surface area (TPSA) is 0 Å². The van der Waals surface area contributed by atoms with E-state index < -0.39 is 0 Å². The van der Waals surface area contributed by atoms with Crippen LogP contribution in [-0.4, -0.2) is 0 Å². The summed E-state index contributed by atoms with van der Waals surface area (Å²) in [5.41, 5.74) is 1.17. The van der Waals surface area contributed by atoms with Crippen LogP contribution in [0, 0.1) is 22.2 Å². The summed E-state index contributed by atoms with van der Waals surface area (Å²) < 4.78 is 0. The first-order chi connectivity index (χ1) is 26.7. The molecule has 0 rings (SSSR count). The van der Waals surface area contributed by atoms with Gasteiger partial charge in [0.05, 0.1) is 0 Å². The van der Waals surface area contributed by atoms with Gasteiger partial charge in [0.25, 0.3) is 0 Å². The van der Waals surface area contributed by atoms with Gasteiger partial charge in [-0.1, -0.05) is 300 Å². The van der Waals surface area contributed by atoms with Gasteiger partial charge >= 0.3 is 0 Å². The molecule has 0 N–H and O–H groups in total. The Kier molecular flexibility index (Phi) is 38.2. The molecule has 0 aliphatic rings. The average Bonchev–Trinajstić information content (AvgIpc) is 3.17. The van der Waals surface area contributed by atoms with Gasteiger partial charge in [-0.2, -0.15) is 0 Å². The van der Waals surface area contributed by atoms with Crippen molar-refractivity contribution in [3.8, 4) is 0 Å². The van der Waals surface area contributed by atoms with Gasteiger partial charge in [-0.15, -0.1) is 0 Å². The van der Waals surface area contributed by atoms with Crippen molar-refractivity contribution in [1.29, 1.82) is 0 Å². The van der Waals surface area contributed by atoms with E-state index in [0.29, 0.717) is 16.2 Å². The summed E-state index contributed by atoms with van der Waals surface area (Å²) in [5, 5.41) is 0. The van der Waals surface area contributed by atoms with Gasteiger partial charge in [-0.05, 0) is 54.3 Å². The lowest BCUT2D eigenvalue weighted by Crippen LogP contribution is -2.54. The van der Waals surface area contributed by atoms with Gasteiger partial charge in [0, 0.05) is 0 Å². The molecule has 0 aliphatic heterocycles. The zero-order chi connectivity index (χ0) is 40.8. The lowest BCUT2D eigenvalue weighted by Gasteiger charge is -2.62. The first kappa shape index (κ1) is 55.0. The molecule has 331 valence electrons. The Morgan fingerprint density at radius 1 is 0.255 bits per heavy atom. The Morgan fingerprint density at radius 3 is 0.745 bits per heavy atom. The van der Waals surface area contributed by atoms with Crippen LogP contribution in [0.5, 0.6) is 0 Å². The minimum Gasteiger partial charge on any atom is -0.0654 e. The molecule has 55 heavy (non-hydrogen) atoms. The van der Waals surface area contributed by atoms with Crippen molar-refractivity contribution in [1.82, 2.24) is 0 Å². The van der Waals surface area contributed by atoms with E-state index >= 15 is 0 Å². The summed E-state index contributed by atoms with van der Waals surface area (Å²) in [6, 6.07) is 0. The van der Waals surface area contributed by atoms with Crippen LogP contribution >= 0.6 is 0 Å². The molecule has 2 atom stereocenters. The van der Waals surface area contributed by atoms with E-state index in [0.717, 1.165) is 0 Å². The van der Waals surface area contributed by atoms with Crippen molar-refractivity contribution >= 4 is 0 Å². The largest absolute Gasteiger partial charge is 0.0654 e. The van der Waals surface area contributed by atoms with Crippen LogP contribution in [0.3, 0.4) is 0 Å². The minimum atomic E-state index is 0.376. The third-order valence-corrected chi connectivity index (χ3v) is 14.9. The van der Waals surface area contributed by atoms with E-state index in [2.05, 4.69) is 62.3 Å². The van der Waals surface area contributed by atoms with Crippen LogP contribution in [0.2, 0.25) is 0 Å². The molecule has 0 heterocycles. The highest BCUT2D eigenvalue weighted by molar-refractivity contribution is 5.15. The molecule has 0 nitrogen and oxygen atoms in total. The molecule has 0 aromatic rings. The summed E-state index contributed by atoms with van der Waals surface area (Å²) in [5.74, 6) is 1.82. The fraction of sp³-hybridized carbons (Fsp3) is 0.982. The van der Waals surface area contributed by atoms with Gasteiger partial charge in [0.2, 0.25) is 0 Å². The molecular weight excluding hydrogens is 661 g/mol.